The van der Waals surface area contributed by atoms with Crippen LogP contribution in [0, 0.1) is 10.8 Å². The molecule has 0 atom stereocenters. The van der Waals surface area contributed by atoms with Gasteiger partial charge in [0.2, 0.25) is 0 Å². The van der Waals surface area contributed by atoms with Crippen molar-refractivity contribution in [3.8, 4) is 0 Å². The van der Waals surface area contributed by atoms with Gasteiger partial charge in [-0.25, -0.2) is 0 Å². The maximum atomic E-state index is 13.5. The minimum absolute atomic E-state index is 0.0939. The second kappa shape index (κ2) is 9.49. The molecule has 188 valence electrons. The van der Waals surface area contributed by atoms with Gasteiger partial charge in [0.1, 0.15) is 0 Å². The molecule has 36 heavy (non-hydrogen) atoms. The molecule has 0 aliphatic heterocycles. The average Bonchev–Trinajstić information content (AvgIpc) is 2.78. The Morgan fingerprint density at radius 3 is 1.83 bits per heavy atom. The number of hydrogen-bond acceptors (Lipinski definition) is 6. The summed E-state index contributed by atoms with van der Waals surface area (Å²) in [5.74, 6) is -1.72. The smallest absolute Gasteiger partial charge is 0.186 e. The molecular formula is C30H32O6. The highest BCUT2D eigenvalue weighted by Gasteiger charge is 2.38. The van der Waals surface area contributed by atoms with E-state index in [1.807, 2.05) is 34.6 Å². The molecule has 0 aromatic carbocycles. The molecule has 0 aromatic rings. The normalized spacial score (nSPS) is 19.8. The summed E-state index contributed by atoms with van der Waals surface area (Å²) in [5, 5.41) is 0. The van der Waals surface area contributed by atoms with Crippen molar-refractivity contribution in [2.24, 2.45) is 10.8 Å². The van der Waals surface area contributed by atoms with Gasteiger partial charge in [-0.3, -0.25) is 28.8 Å². The van der Waals surface area contributed by atoms with Gasteiger partial charge in [-0.1, -0.05) is 34.6 Å². The molecule has 0 radical (unpaired) electrons. The van der Waals surface area contributed by atoms with Gasteiger partial charge in [-0.2, -0.15) is 0 Å². The monoisotopic (exact) mass is 488 g/mol. The van der Waals surface area contributed by atoms with Crippen LogP contribution in [0.5, 0.6) is 0 Å². The summed E-state index contributed by atoms with van der Waals surface area (Å²) in [6.07, 6.45) is 6.78. The minimum atomic E-state index is -0.733. The third-order valence-electron chi connectivity index (χ3n) is 7.13. The molecular weight excluding hydrogens is 456 g/mol. The number of carbonyl (C=O) groups excluding carboxylic acids is 6. The van der Waals surface area contributed by atoms with E-state index in [1.54, 1.807) is 13.8 Å². The van der Waals surface area contributed by atoms with E-state index in [9.17, 15) is 28.8 Å². The second-order valence-corrected chi connectivity index (χ2v) is 11.3. The standard InChI is InChI=1S/C30H32O6/c1-16-21(10-11-30(6,7)24-15-20(32)14-23(28(24)36)29(3,4)5)27(35)22(17(2)26(16)34)13-18-12-19(31)8-9-25(18)33/h8-9,12,14-15H,10-11,13H2,1-7H3. The second-order valence-electron chi connectivity index (χ2n) is 11.3. The summed E-state index contributed by atoms with van der Waals surface area (Å²) in [6, 6.07) is 0. The van der Waals surface area contributed by atoms with E-state index in [0.717, 1.165) is 0 Å². The molecule has 0 amide bonds. The summed E-state index contributed by atoms with van der Waals surface area (Å²) in [7, 11) is 0. The first-order valence-corrected chi connectivity index (χ1v) is 12.0. The summed E-state index contributed by atoms with van der Waals surface area (Å²) >= 11 is 0. The van der Waals surface area contributed by atoms with Crippen molar-refractivity contribution in [2.45, 2.75) is 67.7 Å². The fourth-order valence-corrected chi connectivity index (χ4v) is 4.71. The first kappa shape index (κ1) is 27.1. The van der Waals surface area contributed by atoms with Crippen LogP contribution in [0.1, 0.15) is 67.7 Å². The topological polar surface area (TPSA) is 102 Å². The molecule has 6 nitrogen and oxygen atoms in total. The van der Waals surface area contributed by atoms with Crippen LogP contribution in [-0.2, 0) is 28.8 Å². The van der Waals surface area contributed by atoms with Crippen molar-refractivity contribution in [3.63, 3.8) is 0 Å². The van der Waals surface area contributed by atoms with Crippen LogP contribution >= 0.6 is 0 Å². The SMILES string of the molecule is CC1=C(CCC(C)(C)C2=CC(=O)C=C(C(C)(C)C)C2=O)C(=O)C(CC2=CC(=O)C=CC2=O)=C(C)C1=O. The van der Waals surface area contributed by atoms with Crippen LogP contribution in [0.2, 0.25) is 0 Å². The first-order chi connectivity index (χ1) is 16.5. The van der Waals surface area contributed by atoms with Gasteiger partial charge in [0.15, 0.2) is 34.7 Å². The maximum Gasteiger partial charge on any atom is 0.186 e. The predicted molar refractivity (Wildman–Crippen MR) is 136 cm³/mol. The fraction of sp³-hybridized carbons (Fsp3) is 0.400. The summed E-state index contributed by atoms with van der Waals surface area (Å²) in [5.41, 5.74) is 0.948. The quantitative estimate of drug-likeness (QED) is 0.504. The molecule has 0 N–H and O–H groups in total. The van der Waals surface area contributed by atoms with E-state index in [4.69, 9.17) is 0 Å². The molecule has 0 bridgehead atoms. The van der Waals surface area contributed by atoms with Gasteiger partial charge in [0, 0.05) is 45.4 Å². The molecule has 0 unspecified atom stereocenters. The highest BCUT2D eigenvalue weighted by molar-refractivity contribution is 6.26. The van der Waals surface area contributed by atoms with Crippen molar-refractivity contribution < 1.29 is 28.8 Å². The molecule has 0 heterocycles. The minimum Gasteiger partial charge on any atom is -0.290 e. The third-order valence-corrected chi connectivity index (χ3v) is 7.13. The van der Waals surface area contributed by atoms with E-state index < -0.39 is 10.8 Å². The fourth-order valence-electron chi connectivity index (χ4n) is 4.71. The lowest BCUT2D eigenvalue weighted by atomic mass is 9.69. The molecule has 0 saturated heterocycles. The number of carbonyl (C=O) groups is 6. The Labute approximate surface area is 211 Å². The van der Waals surface area contributed by atoms with Gasteiger partial charge in [-0.05, 0) is 67.9 Å². The van der Waals surface area contributed by atoms with Gasteiger partial charge in [-0.15, -0.1) is 0 Å². The first-order valence-electron chi connectivity index (χ1n) is 12.0. The largest absolute Gasteiger partial charge is 0.290 e. The van der Waals surface area contributed by atoms with Gasteiger partial charge in [0.05, 0.1) is 0 Å². The zero-order valence-electron chi connectivity index (χ0n) is 22.0. The molecule has 3 aliphatic carbocycles. The van der Waals surface area contributed by atoms with Crippen molar-refractivity contribution in [1.29, 1.82) is 0 Å². The van der Waals surface area contributed by atoms with Crippen LogP contribution in [0.15, 0.2) is 69.4 Å². The Morgan fingerprint density at radius 1 is 0.639 bits per heavy atom. The highest BCUT2D eigenvalue weighted by Crippen LogP contribution is 2.41. The van der Waals surface area contributed by atoms with Crippen LogP contribution in [0.3, 0.4) is 0 Å². The van der Waals surface area contributed by atoms with Crippen LogP contribution in [0.25, 0.3) is 0 Å². The van der Waals surface area contributed by atoms with E-state index in [1.165, 1.54) is 30.4 Å². The molecule has 3 rings (SSSR count). The van der Waals surface area contributed by atoms with Crippen molar-refractivity contribution >= 4 is 34.7 Å². The Morgan fingerprint density at radius 2 is 1.22 bits per heavy atom. The number of allylic oxidation sites excluding steroid dienone is 12. The molecule has 0 aromatic heterocycles. The van der Waals surface area contributed by atoms with Gasteiger partial charge in [0.25, 0.3) is 0 Å². The zero-order chi connectivity index (χ0) is 27.2. The molecule has 3 aliphatic rings. The third kappa shape index (κ3) is 5.18. The highest BCUT2D eigenvalue weighted by atomic mass is 16.2. The van der Waals surface area contributed by atoms with E-state index in [2.05, 4.69) is 0 Å². The van der Waals surface area contributed by atoms with E-state index in [0.29, 0.717) is 28.7 Å². The van der Waals surface area contributed by atoms with E-state index >= 15 is 0 Å². The molecule has 0 spiro atoms. The van der Waals surface area contributed by atoms with Gasteiger partial charge < -0.3 is 0 Å². The molecule has 0 saturated carbocycles. The zero-order valence-corrected chi connectivity index (χ0v) is 22.0. The van der Waals surface area contributed by atoms with Crippen LogP contribution in [0.4, 0.5) is 0 Å². The number of hydrogen-bond donors (Lipinski definition) is 0. The lowest BCUT2D eigenvalue weighted by Crippen LogP contribution is -2.31. The summed E-state index contributed by atoms with van der Waals surface area (Å²) < 4.78 is 0. The number of rotatable bonds is 6. The Bertz CT molecular complexity index is 1310. The van der Waals surface area contributed by atoms with Crippen LogP contribution in [-0.4, -0.2) is 34.7 Å². The Hall–Kier alpha value is -3.54. The molecule has 0 fully saturated rings. The van der Waals surface area contributed by atoms with Gasteiger partial charge >= 0.3 is 0 Å². The van der Waals surface area contributed by atoms with Crippen molar-refractivity contribution in [3.05, 3.63) is 69.4 Å². The number of Topliss-reactive ketones (excluding diaryl/α,β-unsaturated/α-hetero) is 3. The number of ketones is 6. The lowest BCUT2D eigenvalue weighted by Gasteiger charge is -2.33. The average molecular weight is 489 g/mol. The summed E-state index contributed by atoms with van der Waals surface area (Å²) in [4.78, 5) is 76.1. The molecule has 6 heteroatoms. The van der Waals surface area contributed by atoms with Crippen molar-refractivity contribution in [2.75, 3.05) is 0 Å². The van der Waals surface area contributed by atoms with E-state index in [-0.39, 0.29) is 64.3 Å². The lowest BCUT2D eigenvalue weighted by molar-refractivity contribution is -0.117. The van der Waals surface area contributed by atoms with Crippen LogP contribution < -0.4 is 0 Å². The Balaban J connectivity index is 1.86. The summed E-state index contributed by atoms with van der Waals surface area (Å²) in [6.45, 7) is 12.5. The predicted octanol–water partition coefficient (Wildman–Crippen LogP) is 4.65. The Kier molecular flexibility index (Phi) is 7.13. The maximum absolute atomic E-state index is 13.5. The van der Waals surface area contributed by atoms with Crippen molar-refractivity contribution in [1.82, 2.24) is 0 Å².